The van der Waals surface area contributed by atoms with Crippen LogP contribution in [0.2, 0.25) is 5.02 Å². The molecule has 0 bridgehead atoms. The lowest BCUT2D eigenvalue weighted by molar-refractivity contribution is 0.259. The summed E-state index contributed by atoms with van der Waals surface area (Å²) in [6, 6.07) is 1.73. The van der Waals surface area contributed by atoms with Crippen LogP contribution in [0.1, 0.15) is 5.56 Å². The van der Waals surface area contributed by atoms with E-state index in [1.165, 1.54) is 12.1 Å². The summed E-state index contributed by atoms with van der Waals surface area (Å²) < 4.78 is 13.1. The standard InChI is InChI=1S/C8H8ClFN2O/c1-4-2-6(10)7(3-5(4)9)12-8(11)13/h2-3H,1H3,(H3,11,12,13). The van der Waals surface area contributed by atoms with Crippen LogP contribution in [0.15, 0.2) is 12.1 Å². The lowest BCUT2D eigenvalue weighted by Crippen LogP contribution is -2.20. The van der Waals surface area contributed by atoms with Crippen LogP contribution in [-0.2, 0) is 0 Å². The Kier molecular flexibility index (Phi) is 2.72. The third-order valence-corrected chi connectivity index (χ3v) is 1.91. The molecule has 13 heavy (non-hydrogen) atoms. The van der Waals surface area contributed by atoms with Gasteiger partial charge in [0, 0.05) is 5.02 Å². The van der Waals surface area contributed by atoms with Crippen molar-refractivity contribution >= 4 is 23.3 Å². The summed E-state index contributed by atoms with van der Waals surface area (Å²) in [5, 5.41) is 2.50. The zero-order chi connectivity index (χ0) is 10.0. The molecule has 0 radical (unpaired) electrons. The zero-order valence-electron chi connectivity index (χ0n) is 6.90. The van der Waals surface area contributed by atoms with Gasteiger partial charge in [0.25, 0.3) is 0 Å². The fraction of sp³-hybridized carbons (Fsp3) is 0.125. The molecule has 70 valence electrons. The second kappa shape index (κ2) is 3.62. The second-order valence-corrected chi connectivity index (χ2v) is 2.98. The van der Waals surface area contributed by atoms with Crippen LogP contribution in [0.5, 0.6) is 0 Å². The van der Waals surface area contributed by atoms with Crippen molar-refractivity contribution in [1.82, 2.24) is 0 Å². The van der Waals surface area contributed by atoms with E-state index in [1.807, 2.05) is 0 Å². The van der Waals surface area contributed by atoms with Gasteiger partial charge in [-0.25, -0.2) is 9.18 Å². The van der Waals surface area contributed by atoms with E-state index in [4.69, 9.17) is 17.3 Å². The van der Waals surface area contributed by atoms with Crippen molar-refractivity contribution in [2.45, 2.75) is 6.92 Å². The maximum Gasteiger partial charge on any atom is 0.316 e. The van der Waals surface area contributed by atoms with Crippen LogP contribution in [0.25, 0.3) is 0 Å². The lowest BCUT2D eigenvalue weighted by Gasteiger charge is -2.05. The van der Waals surface area contributed by atoms with E-state index in [1.54, 1.807) is 6.92 Å². The Hall–Kier alpha value is -1.29. The number of urea groups is 1. The van der Waals surface area contributed by atoms with Gasteiger partial charge in [-0.3, -0.25) is 0 Å². The summed E-state index contributed by atoms with van der Waals surface area (Å²) in [7, 11) is 0. The number of carbonyl (C=O) groups is 1. The number of carbonyl (C=O) groups excluding carboxylic acids is 1. The summed E-state index contributed by atoms with van der Waals surface area (Å²) >= 11 is 5.71. The van der Waals surface area contributed by atoms with Crippen molar-refractivity contribution in [2.75, 3.05) is 5.32 Å². The first-order valence-electron chi connectivity index (χ1n) is 3.53. The third-order valence-electron chi connectivity index (χ3n) is 1.51. The molecule has 3 N–H and O–H groups in total. The molecule has 3 nitrogen and oxygen atoms in total. The van der Waals surface area contributed by atoms with Crippen molar-refractivity contribution in [2.24, 2.45) is 5.73 Å². The van der Waals surface area contributed by atoms with Gasteiger partial charge in [-0.2, -0.15) is 0 Å². The number of rotatable bonds is 1. The molecule has 1 aromatic carbocycles. The Labute approximate surface area is 79.7 Å². The highest BCUT2D eigenvalue weighted by atomic mass is 35.5. The third kappa shape index (κ3) is 2.32. The molecular formula is C8H8ClFN2O. The molecule has 0 aromatic heterocycles. The molecule has 1 rings (SSSR count). The molecule has 1 aromatic rings. The van der Waals surface area contributed by atoms with Crippen molar-refractivity contribution in [3.63, 3.8) is 0 Å². The minimum Gasteiger partial charge on any atom is -0.351 e. The molecule has 0 saturated carbocycles. The van der Waals surface area contributed by atoms with Crippen LogP contribution in [-0.4, -0.2) is 6.03 Å². The van der Waals surface area contributed by atoms with Gasteiger partial charge < -0.3 is 11.1 Å². The molecule has 0 fully saturated rings. The normalized spacial score (nSPS) is 9.77. The molecule has 0 saturated heterocycles. The Morgan fingerprint density at radius 2 is 2.23 bits per heavy atom. The molecule has 0 aliphatic rings. The van der Waals surface area contributed by atoms with Gasteiger partial charge in [-0.05, 0) is 24.6 Å². The predicted molar refractivity (Wildman–Crippen MR) is 49.4 cm³/mol. The largest absolute Gasteiger partial charge is 0.351 e. The van der Waals surface area contributed by atoms with Gasteiger partial charge in [0.1, 0.15) is 5.82 Å². The number of nitrogens with two attached hydrogens (primary N) is 1. The average molecular weight is 203 g/mol. The number of nitrogens with one attached hydrogen (secondary N) is 1. The Morgan fingerprint density at radius 1 is 1.62 bits per heavy atom. The molecule has 0 unspecified atom stereocenters. The van der Waals surface area contributed by atoms with Gasteiger partial charge in [0.2, 0.25) is 0 Å². The van der Waals surface area contributed by atoms with Crippen molar-refractivity contribution in [1.29, 1.82) is 0 Å². The topological polar surface area (TPSA) is 55.1 Å². The number of aryl methyl sites for hydroxylation is 1. The highest BCUT2D eigenvalue weighted by Crippen LogP contribution is 2.23. The summed E-state index contributed by atoms with van der Waals surface area (Å²) in [5.74, 6) is -0.555. The number of benzene rings is 1. The van der Waals surface area contributed by atoms with Gasteiger partial charge in [-0.15, -0.1) is 0 Å². The van der Waals surface area contributed by atoms with Crippen molar-refractivity contribution < 1.29 is 9.18 Å². The molecule has 0 aliphatic carbocycles. The number of halogens is 2. The Morgan fingerprint density at radius 3 is 2.77 bits per heavy atom. The van der Waals surface area contributed by atoms with Crippen molar-refractivity contribution in [3.05, 3.63) is 28.5 Å². The van der Waals surface area contributed by atoms with E-state index in [9.17, 15) is 9.18 Å². The fourth-order valence-electron chi connectivity index (χ4n) is 0.875. The lowest BCUT2D eigenvalue weighted by atomic mass is 10.2. The SMILES string of the molecule is Cc1cc(F)c(NC(N)=O)cc1Cl. The smallest absolute Gasteiger partial charge is 0.316 e. The summed E-state index contributed by atoms with van der Waals surface area (Å²) in [6.45, 7) is 1.67. The molecular weight excluding hydrogens is 195 g/mol. The number of hydrogen-bond acceptors (Lipinski definition) is 1. The summed E-state index contributed by atoms with van der Waals surface area (Å²) in [6.07, 6.45) is 0. The fourth-order valence-corrected chi connectivity index (χ4v) is 1.04. The molecule has 0 heterocycles. The monoisotopic (exact) mass is 202 g/mol. The minimum absolute atomic E-state index is 0.0110. The van der Waals surface area contributed by atoms with Crippen LogP contribution >= 0.6 is 11.6 Å². The second-order valence-electron chi connectivity index (χ2n) is 2.57. The first kappa shape index (κ1) is 9.80. The molecule has 0 spiro atoms. The maximum atomic E-state index is 13.1. The van der Waals surface area contributed by atoms with E-state index in [-0.39, 0.29) is 5.69 Å². The highest BCUT2D eigenvalue weighted by Gasteiger charge is 2.06. The van der Waals surface area contributed by atoms with Gasteiger partial charge >= 0.3 is 6.03 Å². The van der Waals surface area contributed by atoms with E-state index in [0.29, 0.717) is 10.6 Å². The van der Waals surface area contributed by atoms with Gasteiger partial charge in [-0.1, -0.05) is 11.6 Å². The van der Waals surface area contributed by atoms with Crippen LogP contribution in [0.3, 0.4) is 0 Å². The first-order chi connectivity index (χ1) is 6.00. The van der Waals surface area contributed by atoms with E-state index in [0.717, 1.165) is 0 Å². The molecule has 5 heteroatoms. The molecule has 0 aliphatic heterocycles. The Bertz CT molecular complexity index is 354. The minimum atomic E-state index is -0.821. The van der Waals surface area contributed by atoms with Crippen LogP contribution in [0, 0.1) is 12.7 Å². The zero-order valence-corrected chi connectivity index (χ0v) is 7.65. The maximum absolute atomic E-state index is 13.1. The van der Waals surface area contributed by atoms with Crippen LogP contribution < -0.4 is 11.1 Å². The van der Waals surface area contributed by atoms with Crippen LogP contribution in [0.4, 0.5) is 14.9 Å². The summed E-state index contributed by atoms with van der Waals surface area (Å²) in [4.78, 5) is 10.4. The number of amides is 2. The van der Waals surface area contributed by atoms with E-state index >= 15 is 0 Å². The van der Waals surface area contributed by atoms with Gasteiger partial charge in [0.15, 0.2) is 0 Å². The summed E-state index contributed by atoms with van der Waals surface area (Å²) in [5.41, 5.74) is 5.42. The number of hydrogen-bond donors (Lipinski definition) is 2. The van der Waals surface area contributed by atoms with E-state index in [2.05, 4.69) is 5.32 Å². The van der Waals surface area contributed by atoms with E-state index < -0.39 is 11.8 Å². The average Bonchev–Trinajstić information content (AvgIpc) is 1.99. The van der Waals surface area contributed by atoms with Crippen molar-refractivity contribution in [3.8, 4) is 0 Å². The molecule has 0 atom stereocenters. The Balaban J connectivity index is 3.08. The predicted octanol–water partition coefficient (Wildman–Crippen LogP) is 2.28. The van der Waals surface area contributed by atoms with Gasteiger partial charge in [0.05, 0.1) is 5.69 Å². The quantitative estimate of drug-likeness (QED) is 0.721. The first-order valence-corrected chi connectivity index (χ1v) is 3.90. The highest BCUT2D eigenvalue weighted by molar-refractivity contribution is 6.31. The molecule has 2 amide bonds. The number of primary amides is 1. The number of anilines is 1.